The van der Waals surface area contributed by atoms with Gasteiger partial charge in [0, 0.05) is 10.0 Å². The molecule has 0 amide bonds. The number of anilines is 1. The van der Waals surface area contributed by atoms with Crippen molar-refractivity contribution in [2.24, 2.45) is 0 Å². The van der Waals surface area contributed by atoms with E-state index in [4.69, 9.17) is 4.42 Å². The molecule has 0 bridgehead atoms. The highest BCUT2D eigenvalue weighted by atomic mass is 79.9. The molecule has 108 valence electrons. The summed E-state index contributed by atoms with van der Waals surface area (Å²) in [5.74, 6) is 0.439. The molecule has 0 aliphatic rings. The first-order chi connectivity index (χ1) is 9.90. The van der Waals surface area contributed by atoms with Gasteiger partial charge in [-0.25, -0.2) is 13.4 Å². The lowest BCUT2D eigenvalue weighted by atomic mass is 10.2. The number of nitrogens with zero attached hydrogens (tertiary/aromatic N) is 1. The van der Waals surface area contributed by atoms with Gasteiger partial charge in [-0.05, 0) is 30.3 Å². The van der Waals surface area contributed by atoms with Crippen LogP contribution in [0.4, 0.5) is 5.69 Å². The lowest BCUT2D eigenvalue weighted by molar-refractivity contribution is 0.606. The Morgan fingerprint density at radius 2 is 1.95 bits per heavy atom. The number of benzene rings is 2. The molecule has 5 nitrogen and oxygen atoms in total. The van der Waals surface area contributed by atoms with Gasteiger partial charge in [-0.15, -0.1) is 0 Å². The van der Waals surface area contributed by atoms with Crippen LogP contribution in [0.15, 0.2) is 51.4 Å². The van der Waals surface area contributed by atoms with Crippen molar-refractivity contribution < 1.29 is 12.8 Å². The maximum atomic E-state index is 11.3. The van der Waals surface area contributed by atoms with E-state index in [9.17, 15) is 8.42 Å². The Labute approximate surface area is 130 Å². The molecule has 2 aromatic carbocycles. The monoisotopic (exact) mass is 366 g/mol. The third kappa shape index (κ3) is 3.25. The highest BCUT2D eigenvalue weighted by molar-refractivity contribution is 9.10. The number of sulfonamides is 1. The van der Waals surface area contributed by atoms with Gasteiger partial charge in [0.2, 0.25) is 15.9 Å². The molecule has 0 spiro atoms. The van der Waals surface area contributed by atoms with Gasteiger partial charge in [-0.3, -0.25) is 4.72 Å². The first kappa shape index (κ1) is 14.1. The molecule has 0 atom stereocenters. The maximum Gasteiger partial charge on any atom is 0.229 e. The molecule has 0 unspecified atom stereocenters. The van der Waals surface area contributed by atoms with Crippen molar-refractivity contribution in [1.29, 1.82) is 0 Å². The van der Waals surface area contributed by atoms with Crippen molar-refractivity contribution >= 4 is 42.7 Å². The van der Waals surface area contributed by atoms with Gasteiger partial charge in [-0.2, -0.15) is 0 Å². The van der Waals surface area contributed by atoms with Crippen LogP contribution in [0.25, 0.3) is 22.6 Å². The molecule has 1 N–H and O–H groups in total. The second-order valence-corrected chi connectivity index (χ2v) is 7.25. The number of oxazole rings is 1. The molecule has 1 heterocycles. The van der Waals surface area contributed by atoms with Crippen molar-refractivity contribution in [3.05, 3.63) is 46.9 Å². The minimum absolute atomic E-state index is 0.439. The number of para-hydroxylation sites is 2. The molecule has 0 saturated heterocycles. The summed E-state index contributed by atoms with van der Waals surface area (Å²) in [5, 5.41) is 0. The van der Waals surface area contributed by atoms with E-state index < -0.39 is 10.0 Å². The van der Waals surface area contributed by atoms with Crippen LogP contribution in [-0.4, -0.2) is 19.7 Å². The van der Waals surface area contributed by atoms with Crippen LogP contribution in [0, 0.1) is 0 Å². The van der Waals surface area contributed by atoms with Crippen LogP contribution < -0.4 is 4.72 Å². The van der Waals surface area contributed by atoms with Gasteiger partial charge >= 0.3 is 0 Å². The standard InChI is InChI=1S/C14H11BrN2O3S/c1-21(18,19)17-11-7-9(6-10(15)8-11)14-16-12-4-2-3-5-13(12)20-14/h2-8,17H,1H3. The summed E-state index contributed by atoms with van der Waals surface area (Å²) < 4.78 is 31.5. The summed E-state index contributed by atoms with van der Waals surface area (Å²) in [5.41, 5.74) is 2.58. The second kappa shape index (κ2) is 5.16. The van der Waals surface area contributed by atoms with E-state index in [1.807, 2.05) is 30.3 Å². The number of fused-ring (bicyclic) bond motifs is 1. The Kier molecular flexibility index (Phi) is 3.46. The summed E-state index contributed by atoms with van der Waals surface area (Å²) >= 11 is 3.36. The number of hydrogen-bond donors (Lipinski definition) is 1. The SMILES string of the molecule is CS(=O)(=O)Nc1cc(Br)cc(-c2nc3ccccc3o2)c1. The number of nitrogens with one attached hydrogen (secondary N) is 1. The van der Waals surface area contributed by atoms with E-state index in [-0.39, 0.29) is 0 Å². The van der Waals surface area contributed by atoms with Crippen molar-refractivity contribution in [1.82, 2.24) is 4.98 Å². The normalized spacial score (nSPS) is 11.7. The Morgan fingerprint density at radius 1 is 1.19 bits per heavy atom. The van der Waals surface area contributed by atoms with E-state index in [1.54, 1.807) is 12.1 Å². The fourth-order valence-electron chi connectivity index (χ4n) is 1.98. The summed E-state index contributed by atoms with van der Waals surface area (Å²) in [6, 6.07) is 12.6. The van der Waals surface area contributed by atoms with Crippen molar-refractivity contribution in [3.63, 3.8) is 0 Å². The van der Waals surface area contributed by atoms with Crippen LogP contribution in [0.1, 0.15) is 0 Å². The molecule has 3 rings (SSSR count). The summed E-state index contributed by atoms with van der Waals surface area (Å²) in [4.78, 5) is 4.40. The van der Waals surface area contributed by atoms with Crippen molar-refractivity contribution in [3.8, 4) is 11.5 Å². The van der Waals surface area contributed by atoms with E-state index in [0.717, 1.165) is 16.2 Å². The molecule has 1 aromatic heterocycles. The van der Waals surface area contributed by atoms with Crippen LogP contribution in [0.3, 0.4) is 0 Å². The molecule has 21 heavy (non-hydrogen) atoms. The molecule has 0 aliphatic carbocycles. The van der Waals surface area contributed by atoms with E-state index in [0.29, 0.717) is 22.7 Å². The van der Waals surface area contributed by atoms with Gasteiger partial charge < -0.3 is 4.42 Å². The minimum Gasteiger partial charge on any atom is -0.436 e. The van der Waals surface area contributed by atoms with E-state index >= 15 is 0 Å². The third-order valence-electron chi connectivity index (χ3n) is 2.74. The Hall–Kier alpha value is -1.86. The highest BCUT2D eigenvalue weighted by Crippen LogP contribution is 2.29. The Balaban J connectivity index is 2.09. The van der Waals surface area contributed by atoms with Crippen LogP contribution in [-0.2, 0) is 10.0 Å². The molecular formula is C14H11BrN2O3S. The second-order valence-electron chi connectivity index (χ2n) is 4.59. The van der Waals surface area contributed by atoms with Crippen molar-refractivity contribution in [2.45, 2.75) is 0 Å². The van der Waals surface area contributed by atoms with Gasteiger partial charge in [0.25, 0.3) is 0 Å². The molecule has 0 fully saturated rings. The zero-order chi connectivity index (χ0) is 15.0. The first-order valence-electron chi connectivity index (χ1n) is 6.05. The summed E-state index contributed by atoms with van der Waals surface area (Å²) in [6.45, 7) is 0. The fraction of sp³-hybridized carbons (Fsp3) is 0.0714. The molecule has 0 aliphatic heterocycles. The number of aromatic nitrogens is 1. The molecule has 0 saturated carbocycles. The van der Waals surface area contributed by atoms with Gasteiger partial charge in [0.1, 0.15) is 5.52 Å². The van der Waals surface area contributed by atoms with Gasteiger partial charge in [0.05, 0.1) is 11.9 Å². The Morgan fingerprint density at radius 3 is 2.67 bits per heavy atom. The lowest BCUT2D eigenvalue weighted by Gasteiger charge is -2.06. The quantitative estimate of drug-likeness (QED) is 0.767. The summed E-state index contributed by atoms with van der Waals surface area (Å²) in [7, 11) is -3.34. The first-order valence-corrected chi connectivity index (χ1v) is 8.73. The number of rotatable bonds is 3. The predicted molar refractivity (Wildman–Crippen MR) is 85.6 cm³/mol. The Bertz CT molecular complexity index is 886. The minimum atomic E-state index is -3.34. The van der Waals surface area contributed by atoms with E-state index in [1.165, 1.54) is 0 Å². The molecule has 7 heteroatoms. The average Bonchev–Trinajstić information content (AvgIpc) is 2.79. The van der Waals surface area contributed by atoms with Gasteiger partial charge in [-0.1, -0.05) is 28.1 Å². The highest BCUT2D eigenvalue weighted by Gasteiger charge is 2.11. The number of hydrogen-bond acceptors (Lipinski definition) is 4. The summed E-state index contributed by atoms with van der Waals surface area (Å²) in [6.07, 6.45) is 1.10. The zero-order valence-electron chi connectivity index (χ0n) is 11.0. The molecule has 3 aromatic rings. The van der Waals surface area contributed by atoms with Crippen molar-refractivity contribution in [2.75, 3.05) is 11.0 Å². The fourth-order valence-corrected chi connectivity index (χ4v) is 3.02. The topological polar surface area (TPSA) is 72.2 Å². The smallest absolute Gasteiger partial charge is 0.229 e. The lowest BCUT2D eigenvalue weighted by Crippen LogP contribution is -2.09. The number of halogens is 1. The largest absolute Gasteiger partial charge is 0.436 e. The molecular weight excluding hydrogens is 356 g/mol. The van der Waals surface area contributed by atoms with Gasteiger partial charge in [0.15, 0.2) is 5.58 Å². The van der Waals surface area contributed by atoms with Crippen LogP contribution >= 0.6 is 15.9 Å². The molecule has 0 radical (unpaired) electrons. The van der Waals surface area contributed by atoms with E-state index in [2.05, 4.69) is 25.6 Å². The predicted octanol–water partition coefficient (Wildman–Crippen LogP) is 3.63. The van der Waals surface area contributed by atoms with Crippen LogP contribution in [0.2, 0.25) is 0 Å². The third-order valence-corrected chi connectivity index (χ3v) is 3.81. The average molecular weight is 367 g/mol. The zero-order valence-corrected chi connectivity index (χ0v) is 13.4. The maximum absolute atomic E-state index is 11.3. The van der Waals surface area contributed by atoms with Crippen LogP contribution in [0.5, 0.6) is 0 Å².